The lowest BCUT2D eigenvalue weighted by Crippen LogP contribution is -2.45. The highest BCUT2D eigenvalue weighted by molar-refractivity contribution is 8.06. The van der Waals surface area contributed by atoms with E-state index in [-0.39, 0.29) is 19.6 Å². The van der Waals surface area contributed by atoms with Crippen LogP contribution in [0.5, 0.6) is 0 Å². The molecule has 0 radical (unpaired) electrons. The zero-order chi connectivity index (χ0) is 81.1. The Kier molecular flexibility index (Phi) is 35.6. The van der Waals surface area contributed by atoms with Gasteiger partial charge in [0.05, 0.1) is 48.8 Å². The number of esters is 9. The predicted molar refractivity (Wildman–Crippen MR) is 328 cm³/mol. The van der Waals surface area contributed by atoms with Crippen LogP contribution in [0.25, 0.3) is 0 Å². The Morgan fingerprint density at radius 1 is 0.308 bits per heavy atom. The number of hydrogen-bond acceptors (Lipinski definition) is 48. The first-order chi connectivity index (χ1) is 47.5. The van der Waals surface area contributed by atoms with Crippen LogP contribution in [0.4, 0.5) is 0 Å². The van der Waals surface area contributed by atoms with Gasteiger partial charge in [-0.3, -0.25) is 41.8 Å². The molecule has 0 spiro atoms. The van der Waals surface area contributed by atoms with Crippen LogP contribution in [0.15, 0.2) is 0 Å². The van der Waals surface area contributed by atoms with Gasteiger partial charge in [0, 0.05) is 0 Å². The molecule has 0 aromatic rings. The van der Waals surface area contributed by atoms with Gasteiger partial charge in [0.25, 0.3) is 101 Å². The van der Waals surface area contributed by atoms with Crippen molar-refractivity contribution in [3.63, 3.8) is 0 Å². The summed E-state index contributed by atoms with van der Waals surface area (Å²) in [5.74, 6) is -7.70. The number of hydrogen-bond donors (Lipinski definition) is 0. The molecule has 5 aliphatic heterocycles. The summed E-state index contributed by atoms with van der Waals surface area (Å²) in [6.07, 6.45) is -9.66. The van der Waals surface area contributed by atoms with E-state index in [1.54, 1.807) is 0 Å². The molecule has 10 atom stereocenters. The molecule has 5 rings (SSSR count). The van der Waals surface area contributed by atoms with Crippen LogP contribution in [0, 0.1) is 24.7 Å². The molecule has 10 unspecified atom stereocenters. The average molecular weight is 1710 g/mol. The van der Waals surface area contributed by atoms with Gasteiger partial charge >= 0.3 is 53.7 Å². The molecule has 0 aromatic carbocycles. The van der Waals surface area contributed by atoms with Crippen LogP contribution in [-0.2, 0) is 229 Å². The number of carbonyl (C=O) groups excluding carboxylic acids is 9. The zero-order valence-corrected chi connectivity index (χ0v) is 63.5. The van der Waals surface area contributed by atoms with Crippen LogP contribution in [-0.4, -0.2) is 284 Å². The number of rotatable bonds is 15. The van der Waals surface area contributed by atoms with E-state index in [0.29, 0.717) is 0 Å². The SMILES string of the molecule is C#CCOC(=O)C1OS(=O)(=O)C(C)S(=O)(=O)OC1C(=O)OCC#C.CCC1S(=O)(=O)OC(C(=O)OC)C(C(=O)OC)OS1(=O)=O.CCC1S(=O)(=O)OCC(C(=O)OC)OS1(=O)=O.CCOC(=O)C1OS(=O)(=O)C(C)S(=O)(=O)OC1C(=O)OCC.COC(=O)C1OS(=O)(=O)C(C)S(=O)(=O)OC1C(=O)OC. The second kappa shape index (κ2) is 38.8. The first kappa shape index (κ1) is 95.5. The predicted octanol–water partition coefficient (Wildman–Crippen LogP) is -7.36. The fourth-order valence-corrected chi connectivity index (χ4v) is 21.8. The Morgan fingerprint density at radius 3 is 0.721 bits per heavy atom. The van der Waals surface area contributed by atoms with Gasteiger partial charge in [-0.15, -0.1) is 12.8 Å². The largest absolute Gasteiger partial charge is 0.467 e. The Bertz CT molecular complexity index is 4220. The summed E-state index contributed by atoms with van der Waals surface area (Å²) in [5, 5.41) is 0. The fourth-order valence-electron chi connectivity index (χ4n) is 7.02. The van der Waals surface area contributed by atoms with Gasteiger partial charge < -0.3 is 42.6 Å². The number of methoxy groups -OCH3 is 5. The summed E-state index contributed by atoms with van der Waals surface area (Å²) in [6.45, 7) is 5.63. The minimum Gasteiger partial charge on any atom is -0.467 e. The molecule has 0 saturated carbocycles. The molecule has 5 fully saturated rings. The highest BCUT2D eigenvalue weighted by Gasteiger charge is 2.57. The lowest BCUT2D eigenvalue weighted by Gasteiger charge is -2.19. The van der Waals surface area contributed by atoms with Gasteiger partial charge in [0.15, 0.2) is 19.3 Å². The molecule has 104 heavy (non-hydrogen) atoms. The molecule has 0 bridgehead atoms. The van der Waals surface area contributed by atoms with Crippen molar-refractivity contribution in [2.24, 2.45) is 0 Å². The Morgan fingerprint density at radius 2 is 0.510 bits per heavy atom. The second-order valence-electron chi connectivity index (χ2n) is 19.1. The highest BCUT2D eigenvalue weighted by atomic mass is 32.3. The maximum atomic E-state index is 11.9. The van der Waals surface area contributed by atoms with Gasteiger partial charge in [-0.2, -0.15) is 84.2 Å². The van der Waals surface area contributed by atoms with E-state index in [2.05, 4.69) is 84.5 Å². The van der Waals surface area contributed by atoms with Gasteiger partial charge in [0.2, 0.25) is 71.7 Å². The van der Waals surface area contributed by atoms with Crippen LogP contribution in [0.2, 0.25) is 0 Å². The highest BCUT2D eigenvalue weighted by Crippen LogP contribution is 2.32. The molecule has 0 aliphatic carbocycles. The second-order valence-corrected chi connectivity index (χ2v) is 38.9. The molecule has 5 aliphatic rings. The molecular formula is C46H66O48S10. The van der Waals surface area contributed by atoms with Crippen molar-refractivity contribution in [3.8, 4) is 24.7 Å². The van der Waals surface area contributed by atoms with E-state index >= 15 is 0 Å². The standard InChI is InChI=1S/C12H12O10S2.C10H16O10S2.C9H14O10S2.C8H12O10S2.C7H12O8S2/c1-4-6-19-11(13)9-10(12(14)20-7-5-2)22-24(17,18)8(3)23(15,16)21-9;1-4-17-9(11)7-8(10(12)18-5-2)20-22(15,16)6(3)21(13,14)19-7;1-4-5-20(12,13)18-6(8(10)16-2)7(9(11)17-3)19-21(5,14)15;1-4-19(11,12)17-5(7(9)15-2)6(8(10)16-3)18-20(4,13)14;1-3-6-16(9,10)14-4-5(7(8)13-2)15-17(6,11)12/h1-2,8-10H,6-7H2,3H3;6-8H,4-5H2,1-3H3;5-7H,4H2,1-3H3;4-6H,1-3H3;5-6H,3-4H2,1-2H3. The fraction of sp³-hybridized carbons (Fsp3) is 0.717. The molecule has 5 saturated heterocycles. The van der Waals surface area contributed by atoms with Gasteiger partial charge in [-0.1, -0.05) is 25.7 Å². The third-order valence-corrected chi connectivity index (χ3v) is 33.0. The first-order valence-corrected chi connectivity index (χ1v) is 42.4. The molecule has 5 heterocycles. The van der Waals surface area contributed by atoms with E-state index in [4.69, 9.17) is 12.8 Å². The van der Waals surface area contributed by atoms with Crippen LogP contribution in [0.3, 0.4) is 0 Å². The van der Waals surface area contributed by atoms with E-state index in [9.17, 15) is 127 Å². The number of carbonyl (C=O) groups is 9. The van der Waals surface area contributed by atoms with E-state index in [1.807, 2.05) is 11.8 Å². The minimum absolute atomic E-state index is 0.142. The lowest BCUT2D eigenvalue weighted by molar-refractivity contribution is -0.167. The van der Waals surface area contributed by atoms with Crippen molar-refractivity contribution in [1.29, 1.82) is 0 Å². The summed E-state index contributed by atoms with van der Waals surface area (Å²) < 4.78 is 309. The number of terminal acetylenes is 2. The lowest BCUT2D eigenvalue weighted by atomic mass is 10.2. The van der Waals surface area contributed by atoms with Crippen molar-refractivity contribution in [2.75, 3.05) is 68.6 Å². The van der Waals surface area contributed by atoms with E-state index in [0.717, 1.165) is 56.3 Å². The van der Waals surface area contributed by atoms with Crippen LogP contribution >= 0.6 is 0 Å². The first-order valence-electron chi connectivity index (χ1n) is 27.6. The van der Waals surface area contributed by atoms with E-state index in [1.165, 1.54) is 27.7 Å². The number of ether oxygens (including phenoxy) is 9. The summed E-state index contributed by atoms with van der Waals surface area (Å²) in [7, 11) is -42.1. The summed E-state index contributed by atoms with van der Waals surface area (Å²) in [5.41, 5.74) is 0. The summed E-state index contributed by atoms with van der Waals surface area (Å²) in [4.78, 5) is 104. The average Bonchev–Trinajstić information content (AvgIpc) is 1.67. The monoisotopic (exact) mass is 1710 g/mol. The molecule has 0 N–H and O–H groups in total. The van der Waals surface area contributed by atoms with Crippen molar-refractivity contribution in [2.45, 2.75) is 139 Å². The summed E-state index contributed by atoms with van der Waals surface area (Å²) >= 11 is 0. The minimum atomic E-state index is -4.83. The zero-order valence-electron chi connectivity index (χ0n) is 55.4. The quantitative estimate of drug-likeness (QED) is 0.0636. The Labute approximate surface area is 595 Å². The van der Waals surface area contributed by atoms with Gasteiger partial charge in [-0.05, 0) is 47.5 Å². The third-order valence-electron chi connectivity index (χ3n) is 12.3. The molecule has 598 valence electrons. The maximum absolute atomic E-state index is 11.9. The summed E-state index contributed by atoms with van der Waals surface area (Å²) in [6, 6.07) is 0. The topological polar surface area (TPSA) is 670 Å². The van der Waals surface area contributed by atoms with Crippen molar-refractivity contribution in [3.05, 3.63) is 0 Å². The Hall–Kier alpha value is -6.55. The van der Waals surface area contributed by atoms with Crippen molar-refractivity contribution >= 4 is 155 Å². The third kappa shape index (κ3) is 25.0. The van der Waals surface area contributed by atoms with Crippen LogP contribution < -0.4 is 0 Å². The molecular weight excluding hydrogens is 1640 g/mol. The van der Waals surface area contributed by atoms with E-state index < -0.39 is 259 Å². The molecule has 0 amide bonds. The van der Waals surface area contributed by atoms with Crippen molar-refractivity contribution in [1.82, 2.24) is 0 Å². The smallest absolute Gasteiger partial charge is 0.341 e. The normalized spacial score (nSPS) is 30.2. The maximum Gasteiger partial charge on any atom is 0.341 e. The van der Waals surface area contributed by atoms with Crippen molar-refractivity contribution < 1.29 is 212 Å². The van der Waals surface area contributed by atoms with Gasteiger partial charge in [-0.25, -0.2) is 43.2 Å². The molecule has 48 nitrogen and oxygen atoms in total. The van der Waals surface area contributed by atoms with Gasteiger partial charge in [0.1, 0.15) is 6.61 Å². The molecule has 0 aromatic heterocycles. The Balaban J connectivity index is 0.000000652. The molecule has 58 heteroatoms. The van der Waals surface area contributed by atoms with Crippen LogP contribution in [0.1, 0.15) is 61.3 Å².